The predicted molar refractivity (Wildman–Crippen MR) is 87.4 cm³/mol. The number of carbonyl (C=O) groups excluding carboxylic acids is 3. The molecule has 0 aliphatic carbocycles. The first-order chi connectivity index (χ1) is 11.8. The number of carbonyl (C=O) groups is 3. The molecule has 1 unspecified atom stereocenters. The number of alkyl carbamates (subject to hydrolysis) is 1. The number of amides is 2. The van der Waals surface area contributed by atoms with Gasteiger partial charge < -0.3 is 19.5 Å². The summed E-state index contributed by atoms with van der Waals surface area (Å²) in [5, 5.41) is 2.46. The topological polar surface area (TPSA) is 94.2 Å². The summed E-state index contributed by atoms with van der Waals surface area (Å²) in [6, 6.07) is 8.21. The monoisotopic (exact) mass is 350 g/mol. The van der Waals surface area contributed by atoms with E-state index in [1.165, 1.54) is 0 Å². The van der Waals surface area contributed by atoms with Gasteiger partial charge in [-0.2, -0.15) is 0 Å². The summed E-state index contributed by atoms with van der Waals surface area (Å²) in [5.74, 6) is -0.604. The molecule has 1 heterocycles. The largest absolute Gasteiger partial charge is 0.444 e. The first-order valence-corrected chi connectivity index (χ1v) is 7.87. The standard InChI is InChI=1S/C17H22N2O6/c1-17(2,3)25-15(21)18-9-13-14(20)24-11-19(13)16(22)23-10-12-7-5-4-6-8-12/h4-8,13H,9-11H2,1-3H3,(H,18,21). The molecule has 0 radical (unpaired) electrons. The second-order valence-electron chi connectivity index (χ2n) is 6.50. The minimum absolute atomic E-state index is 0.0799. The van der Waals surface area contributed by atoms with Crippen molar-refractivity contribution in [2.24, 2.45) is 0 Å². The zero-order valence-electron chi connectivity index (χ0n) is 14.5. The Morgan fingerprint density at radius 3 is 2.60 bits per heavy atom. The van der Waals surface area contributed by atoms with Crippen molar-refractivity contribution in [3.05, 3.63) is 35.9 Å². The fourth-order valence-electron chi connectivity index (χ4n) is 2.12. The first kappa shape index (κ1) is 18.6. The number of rotatable bonds is 4. The molecule has 1 aromatic rings. The molecule has 0 spiro atoms. The van der Waals surface area contributed by atoms with Gasteiger partial charge in [0.25, 0.3) is 0 Å². The number of cyclic esters (lactones) is 1. The third-order valence-electron chi connectivity index (χ3n) is 3.27. The highest BCUT2D eigenvalue weighted by Gasteiger charge is 2.39. The third kappa shape index (κ3) is 5.66. The van der Waals surface area contributed by atoms with Crippen molar-refractivity contribution in [1.82, 2.24) is 10.2 Å². The van der Waals surface area contributed by atoms with Crippen molar-refractivity contribution in [1.29, 1.82) is 0 Å². The number of hydrogen-bond donors (Lipinski definition) is 1. The average molecular weight is 350 g/mol. The molecule has 2 amide bonds. The lowest BCUT2D eigenvalue weighted by molar-refractivity contribution is -0.139. The number of benzene rings is 1. The van der Waals surface area contributed by atoms with Gasteiger partial charge in [0.1, 0.15) is 12.2 Å². The highest BCUT2D eigenvalue weighted by molar-refractivity contribution is 5.84. The van der Waals surface area contributed by atoms with Crippen LogP contribution in [0.2, 0.25) is 0 Å². The zero-order chi connectivity index (χ0) is 18.4. The van der Waals surface area contributed by atoms with Gasteiger partial charge in [0.2, 0.25) is 0 Å². The fourth-order valence-corrected chi connectivity index (χ4v) is 2.12. The summed E-state index contributed by atoms with van der Waals surface area (Å²) in [5.41, 5.74) is 0.167. The maximum Gasteiger partial charge on any atom is 0.413 e. The molecule has 1 saturated heterocycles. The van der Waals surface area contributed by atoms with Crippen LogP contribution < -0.4 is 5.32 Å². The Labute approximate surface area is 146 Å². The lowest BCUT2D eigenvalue weighted by Crippen LogP contribution is -2.47. The van der Waals surface area contributed by atoms with Crippen LogP contribution in [-0.2, 0) is 25.6 Å². The molecule has 136 valence electrons. The smallest absolute Gasteiger partial charge is 0.413 e. The fraction of sp³-hybridized carbons (Fsp3) is 0.471. The minimum atomic E-state index is -0.948. The molecule has 1 fully saturated rings. The molecule has 1 aromatic carbocycles. The average Bonchev–Trinajstić information content (AvgIpc) is 2.91. The molecule has 2 rings (SSSR count). The number of ether oxygens (including phenoxy) is 3. The second kappa shape index (κ2) is 7.87. The molecule has 0 bridgehead atoms. The highest BCUT2D eigenvalue weighted by Crippen LogP contribution is 2.14. The lowest BCUT2D eigenvalue weighted by Gasteiger charge is -2.22. The molecular weight excluding hydrogens is 328 g/mol. The lowest BCUT2D eigenvalue weighted by atomic mass is 10.2. The van der Waals surface area contributed by atoms with E-state index in [0.29, 0.717) is 0 Å². The van der Waals surface area contributed by atoms with E-state index >= 15 is 0 Å². The van der Waals surface area contributed by atoms with E-state index in [1.807, 2.05) is 30.3 Å². The van der Waals surface area contributed by atoms with Crippen LogP contribution >= 0.6 is 0 Å². The van der Waals surface area contributed by atoms with E-state index in [1.54, 1.807) is 20.8 Å². The molecule has 1 atom stereocenters. The number of esters is 1. The van der Waals surface area contributed by atoms with E-state index in [2.05, 4.69) is 5.32 Å². The first-order valence-electron chi connectivity index (χ1n) is 7.87. The molecular formula is C17H22N2O6. The molecule has 8 nitrogen and oxygen atoms in total. The van der Waals surface area contributed by atoms with Gasteiger partial charge in [0, 0.05) is 0 Å². The van der Waals surface area contributed by atoms with E-state index in [9.17, 15) is 14.4 Å². The summed E-state index contributed by atoms with van der Waals surface area (Å²) in [6.45, 7) is 4.93. The Hall–Kier alpha value is -2.77. The molecule has 1 aliphatic rings. The van der Waals surface area contributed by atoms with E-state index in [4.69, 9.17) is 14.2 Å². The number of hydrogen-bond acceptors (Lipinski definition) is 6. The summed E-state index contributed by atoms with van der Waals surface area (Å²) >= 11 is 0. The van der Waals surface area contributed by atoms with Crippen molar-refractivity contribution in [2.75, 3.05) is 13.3 Å². The Morgan fingerprint density at radius 1 is 1.28 bits per heavy atom. The van der Waals surface area contributed by atoms with Crippen LogP contribution in [0.5, 0.6) is 0 Å². The van der Waals surface area contributed by atoms with Crippen molar-refractivity contribution in [3.63, 3.8) is 0 Å². The van der Waals surface area contributed by atoms with Gasteiger partial charge >= 0.3 is 18.2 Å². The van der Waals surface area contributed by atoms with Crippen molar-refractivity contribution < 1.29 is 28.6 Å². The van der Waals surface area contributed by atoms with Gasteiger partial charge in [-0.05, 0) is 26.3 Å². The van der Waals surface area contributed by atoms with E-state index in [0.717, 1.165) is 10.5 Å². The maximum atomic E-state index is 12.2. The van der Waals surface area contributed by atoms with Crippen LogP contribution in [0.4, 0.5) is 9.59 Å². The maximum absolute atomic E-state index is 12.2. The van der Waals surface area contributed by atoms with Gasteiger partial charge in [-0.15, -0.1) is 0 Å². The van der Waals surface area contributed by atoms with Crippen molar-refractivity contribution in [3.8, 4) is 0 Å². The summed E-state index contributed by atoms with van der Waals surface area (Å²) in [6.07, 6.45) is -1.37. The van der Waals surface area contributed by atoms with Crippen LogP contribution in [0, 0.1) is 0 Å². The summed E-state index contributed by atoms with van der Waals surface area (Å²) in [4.78, 5) is 36.8. The Bertz CT molecular complexity index is 626. The summed E-state index contributed by atoms with van der Waals surface area (Å²) in [7, 11) is 0. The predicted octanol–water partition coefficient (Wildman–Crippen LogP) is 2.03. The van der Waals surface area contributed by atoms with Gasteiger partial charge in [-0.1, -0.05) is 30.3 Å². The minimum Gasteiger partial charge on any atom is -0.444 e. The van der Waals surface area contributed by atoms with Crippen LogP contribution in [-0.4, -0.2) is 48.0 Å². The van der Waals surface area contributed by atoms with Crippen LogP contribution in [0.3, 0.4) is 0 Å². The van der Waals surface area contributed by atoms with E-state index in [-0.39, 0.29) is 19.9 Å². The van der Waals surface area contributed by atoms with Crippen LogP contribution in [0.25, 0.3) is 0 Å². The van der Waals surface area contributed by atoms with Gasteiger partial charge in [0.05, 0.1) is 6.54 Å². The molecule has 0 aromatic heterocycles. The Balaban J connectivity index is 1.87. The second-order valence-corrected chi connectivity index (χ2v) is 6.50. The van der Waals surface area contributed by atoms with Gasteiger partial charge in [0.15, 0.2) is 12.8 Å². The SMILES string of the molecule is CC(C)(C)OC(=O)NCC1C(=O)OCN1C(=O)OCc1ccccc1. The normalized spacial score (nSPS) is 17.0. The molecule has 1 aliphatic heterocycles. The van der Waals surface area contributed by atoms with Gasteiger partial charge in [-0.3, -0.25) is 4.90 Å². The molecule has 0 saturated carbocycles. The third-order valence-corrected chi connectivity index (χ3v) is 3.27. The van der Waals surface area contributed by atoms with Crippen LogP contribution in [0.1, 0.15) is 26.3 Å². The Kier molecular flexibility index (Phi) is 5.84. The number of nitrogens with zero attached hydrogens (tertiary/aromatic N) is 1. The molecule has 8 heteroatoms. The number of nitrogens with one attached hydrogen (secondary N) is 1. The van der Waals surface area contributed by atoms with Gasteiger partial charge in [-0.25, -0.2) is 14.4 Å². The van der Waals surface area contributed by atoms with Crippen LogP contribution in [0.15, 0.2) is 30.3 Å². The zero-order valence-corrected chi connectivity index (χ0v) is 14.5. The molecule has 25 heavy (non-hydrogen) atoms. The quantitative estimate of drug-likeness (QED) is 0.660. The van der Waals surface area contributed by atoms with E-state index < -0.39 is 29.8 Å². The highest BCUT2D eigenvalue weighted by atomic mass is 16.6. The Morgan fingerprint density at radius 2 is 1.96 bits per heavy atom. The van der Waals surface area contributed by atoms with Crippen molar-refractivity contribution in [2.45, 2.75) is 39.0 Å². The molecule has 1 N–H and O–H groups in total. The van der Waals surface area contributed by atoms with Crippen molar-refractivity contribution >= 4 is 18.2 Å². The summed E-state index contributed by atoms with van der Waals surface area (Å²) < 4.78 is 15.2.